The topological polar surface area (TPSA) is 57.7 Å². The molecule has 122 valence electrons. The van der Waals surface area contributed by atoms with Crippen molar-refractivity contribution >= 4 is 0 Å². The molecule has 0 saturated carbocycles. The van der Waals surface area contributed by atoms with E-state index in [2.05, 4.69) is 39.8 Å². The van der Waals surface area contributed by atoms with Gasteiger partial charge in [0.1, 0.15) is 0 Å². The third kappa shape index (κ3) is 2.95. The van der Waals surface area contributed by atoms with Crippen LogP contribution in [0.2, 0.25) is 0 Å². The summed E-state index contributed by atoms with van der Waals surface area (Å²) in [7, 11) is 0. The first-order valence-corrected chi connectivity index (χ1v) is 8.31. The van der Waals surface area contributed by atoms with Gasteiger partial charge in [0.05, 0.1) is 5.69 Å². The van der Waals surface area contributed by atoms with Crippen molar-refractivity contribution in [3.8, 4) is 11.4 Å². The molecule has 0 radical (unpaired) electrons. The lowest BCUT2D eigenvalue weighted by atomic mass is 10.1. The first-order valence-electron chi connectivity index (χ1n) is 8.31. The highest BCUT2D eigenvalue weighted by Crippen LogP contribution is 2.22. The van der Waals surface area contributed by atoms with Crippen molar-refractivity contribution in [1.82, 2.24) is 24.8 Å². The average molecular weight is 319 g/mol. The minimum atomic E-state index is 0.770. The predicted octanol–water partition coefficient (Wildman–Crippen LogP) is 3.04. The number of fused-ring (bicyclic) bond motifs is 1. The Morgan fingerprint density at radius 1 is 1.25 bits per heavy atom. The van der Waals surface area contributed by atoms with E-state index in [0.717, 1.165) is 37.4 Å². The number of aromatic amines is 1. The molecule has 0 fully saturated rings. The molecular formula is C19H21N5. The molecule has 0 atom stereocenters. The number of pyridine rings is 1. The summed E-state index contributed by atoms with van der Waals surface area (Å²) in [5.41, 5.74) is 7.24. The maximum absolute atomic E-state index is 4.76. The van der Waals surface area contributed by atoms with E-state index < -0.39 is 0 Å². The van der Waals surface area contributed by atoms with Crippen molar-refractivity contribution < 1.29 is 0 Å². The van der Waals surface area contributed by atoms with E-state index in [0.29, 0.717) is 0 Å². The molecule has 0 bridgehead atoms. The summed E-state index contributed by atoms with van der Waals surface area (Å²) in [6.45, 7) is 7.15. The third-order valence-corrected chi connectivity index (χ3v) is 4.57. The first kappa shape index (κ1) is 15.0. The molecule has 0 unspecified atom stereocenters. The quantitative estimate of drug-likeness (QED) is 0.806. The molecule has 24 heavy (non-hydrogen) atoms. The second-order valence-corrected chi connectivity index (χ2v) is 6.48. The molecule has 0 aliphatic carbocycles. The maximum atomic E-state index is 4.76. The Morgan fingerprint density at radius 2 is 2.17 bits per heavy atom. The van der Waals surface area contributed by atoms with Crippen molar-refractivity contribution in [3.63, 3.8) is 0 Å². The van der Waals surface area contributed by atoms with Gasteiger partial charge >= 0.3 is 0 Å². The van der Waals surface area contributed by atoms with Crippen LogP contribution in [0, 0.1) is 13.8 Å². The number of rotatable bonds is 3. The molecule has 1 N–H and O–H groups in total. The van der Waals surface area contributed by atoms with Crippen LogP contribution in [0.4, 0.5) is 0 Å². The molecule has 0 spiro atoms. The van der Waals surface area contributed by atoms with Gasteiger partial charge in [-0.3, -0.25) is 9.88 Å². The van der Waals surface area contributed by atoms with Crippen LogP contribution in [0.3, 0.4) is 0 Å². The largest absolute Gasteiger partial charge is 0.361 e. The lowest BCUT2D eigenvalue weighted by Crippen LogP contribution is -2.31. The zero-order chi connectivity index (χ0) is 16.5. The minimum absolute atomic E-state index is 0.770. The molecule has 5 heteroatoms. The van der Waals surface area contributed by atoms with E-state index in [1.54, 1.807) is 6.20 Å². The second-order valence-electron chi connectivity index (χ2n) is 6.48. The van der Waals surface area contributed by atoms with Crippen molar-refractivity contribution in [2.24, 2.45) is 0 Å². The molecule has 3 aromatic heterocycles. The fraction of sp³-hybridized carbons (Fsp3) is 0.316. The molecule has 4 rings (SSSR count). The molecule has 1 aliphatic rings. The Morgan fingerprint density at radius 3 is 2.92 bits per heavy atom. The van der Waals surface area contributed by atoms with Gasteiger partial charge in [0.15, 0.2) is 5.82 Å². The number of aryl methyl sites for hydroxylation is 2. The first-order chi connectivity index (χ1) is 11.7. The summed E-state index contributed by atoms with van der Waals surface area (Å²) >= 11 is 0. The van der Waals surface area contributed by atoms with Crippen molar-refractivity contribution in [2.75, 3.05) is 6.54 Å². The Labute approximate surface area is 141 Å². The van der Waals surface area contributed by atoms with E-state index in [-0.39, 0.29) is 0 Å². The van der Waals surface area contributed by atoms with Gasteiger partial charge < -0.3 is 4.98 Å². The van der Waals surface area contributed by atoms with Crippen LogP contribution in [0.15, 0.2) is 36.8 Å². The molecule has 1 aliphatic heterocycles. The van der Waals surface area contributed by atoms with Crippen LogP contribution in [0.5, 0.6) is 0 Å². The van der Waals surface area contributed by atoms with Gasteiger partial charge in [-0.15, -0.1) is 0 Å². The number of nitrogens with zero attached hydrogens (tertiary/aromatic N) is 4. The maximum Gasteiger partial charge on any atom is 0.160 e. The molecule has 4 heterocycles. The summed E-state index contributed by atoms with van der Waals surface area (Å²) in [6.07, 6.45) is 6.52. The number of H-pyrrole nitrogens is 1. The predicted molar refractivity (Wildman–Crippen MR) is 93.3 cm³/mol. The Hall–Kier alpha value is -2.53. The SMILES string of the molecule is Cc1cc(C)c(CN2CCc3nc(-c4cccnc4)ncc3C2)[nH]1. The fourth-order valence-electron chi connectivity index (χ4n) is 3.32. The highest BCUT2D eigenvalue weighted by Gasteiger charge is 2.20. The zero-order valence-electron chi connectivity index (χ0n) is 14.1. The number of aromatic nitrogens is 4. The van der Waals surface area contributed by atoms with Gasteiger partial charge in [0.2, 0.25) is 0 Å². The van der Waals surface area contributed by atoms with Gasteiger partial charge in [0.25, 0.3) is 0 Å². The summed E-state index contributed by atoms with van der Waals surface area (Å²) < 4.78 is 0. The molecular weight excluding hydrogens is 298 g/mol. The molecule has 0 saturated heterocycles. The van der Waals surface area contributed by atoms with Crippen LogP contribution in [0.1, 0.15) is 28.2 Å². The van der Waals surface area contributed by atoms with Gasteiger partial charge in [0, 0.05) is 67.2 Å². The van der Waals surface area contributed by atoms with Gasteiger partial charge in [-0.2, -0.15) is 0 Å². The van der Waals surface area contributed by atoms with E-state index in [1.165, 1.54) is 28.2 Å². The van der Waals surface area contributed by atoms with Gasteiger partial charge in [-0.25, -0.2) is 9.97 Å². The highest BCUT2D eigenvalue weighted by molar-refractivity contribution is 5.53. The van der Waals surface area contributed by atoms with Crippen LogP contribution < -0.4 is 0 Å². The average Bonchev–Trinajstić information content (AvgIpc) is 2.92. The van der Waals surface area contributed by atoms with Gasteiger partial charge in [-0.05, 0) is 37.6 Å². The van der Waals surface area contributed by atoms with Crippen molar-refractivity contribution in [2.45, 2.75) is 33.4 Å². The summed E-state index contributed by atoms with van der Waals surface area (Å²) in [5.74, 6) is 0.770. The van der Waals surface area contributed by atoms with Crippen LogP contribution in [-0.4, -0.2) is 31.4 Å². The number of nitrogens with one attached hydrogen (secondary N) is 1. The molecule has 0 amide bonds. The molecule has 0 aromatic carbocycles. The normalized spacial score (nSPS) is 14.6. The minimum Gasteiger partial charge on any atom is -0.361 e. The molecule has 5 nitrogen and oxygen atoms in total. The Bertz CT molecular complexity index is 853. The van der Waals surface area contributed by atoms with E-state index in [1.807, 2.05) is 24.5 Å². The van der Waals surface area contributed by atoms with E-state index in [4.69, 9.17) is 4.98 Å². The van der Waals surface area contributed by atoms with Gasteiger partial charge in [-0.1, -0.05) is 0 Å². The van der Waals surface area contributed by atoms with Crippen molar-refractivity contribution in [1.29, 1.82) is 0 Å². The van der Waals surface area contributed by atoms with Crippen LogP contribution in [0.25, 0.3) is 11.4 Å². The van der Waals surface area contributed by atoms with Crippen LogP contribution >= 0.6 is 0 Å². The Balaban J connectivity index is 1.53. The summed E-state index contributed by atoms with van der Waals surface area (Å²) in [4.78, 5) is 19.4. The molecule has 3 aromatic rings. The number of hydrogen-bond acceptors (Lipinski definition) is 4. The lowest BCUT2D eigenvalue weighted by molar-refractivity contribution is 0.240. The summed E-state index contributed by atoms with van der Waals surface area (Å²) in [5, 5.41) is 0. The van der Waals surface area contributed by atoms with E-state index in [9.17, 15) is 0 Å². The third-order valence-electron chi connectivity index (χ3n) is 4.57. The van der Waals surface area contributed by atoms with Crippen molar-refractivity contribution in [3.05, 3.63) is 65.0 Å². The zero-order valence-corrected chi connectivity index (χ0v) is 14.1. The van der Waals surface area contributed by atoms with Crippen LogP contribution in [-0.2, 0) is 19.5 Å². The standard InChI is InChI=1S/C19H21N5/c1-13-8-14(2)22-18(13)12-24-7-5-17-16(11-24)10-21-19(23-17)15-4-3-6-20-9-15/h3-4,6,8-10,22H,5,7,11-12H2,1-2H3. The second kappa shape index (κ2) is 6.17. The lowest BCUT2D eigenvalue weighted by Gasteiger charge is -2.28. The van der Waals surface area contributed by atoms with E-state index >= 15 is 0 Å². The Kier molecular flexibility index (Phi) is 3.86. The number of hydrogen-bond donors (Lipinski definition) is 1. The summed E-state index contributed by atoms with van der Waals surface area (Å²) in [6, 6.07) is 6.12. The fourth-order valence-corrected chi connectivity index (χ4v) is 3.32. The highest BCUT2D eigenvalue weighted by atomic mass is 15.1. The smallest absolute Gasteiger partial charge is 0.160 e. The monoisotopic (exact) mass is 319 g/mol.